The summed E-state index contributed by atoms with van der Waals surface area (Å²) in [6.45, 7) is 3.61. The van der Waals surface area contributed by atoms with Gasteiger partial charge in [0.05, 0.1) is 22.8 Å². The molecule has 0 aliphatic rings. The topological polar surface area (TPSA) is 62.8 Å². The summed E-state index contributed by atoms with van der Waals surface area (Å²) in [5, 5.41) is 7.81. The van der Waals surface area contributed by atoms with Crippen molar-refractivity contribution in [1.29, 1.82) is 5.41 Å². The van der Waals surface area contributed by atoms with Crippen LogP contribution in [0.15, 0.2) is 48.2 Å². The molecule has 1 aromatic heterocycles. The van der Waals surface area contributed by atoms with Gasteiger partial charge in [-0.05, 0) is 37.6 Å². The van der Waals surface area contributed by atoms with Gasteiger partial charge in [0.2, 0.25) is 0 Å². The first-order valence-corrected chi connectivity index (χ1v) is 7.48. The third kappa shape index (κ3) is 4.07. The number of pyridine rings is 1. The minimum atomic E-state index is -5.83. The second-order valence-electron chi connectivity index (χ2n) is 5.87. The third-order valence-electron chi connectivity index (χ3n) is 3.61. The number of halogens is 5. The van der Waals surface area contributed by atoms with Gasteiger partial charge >= 0.3 is 12.1 Å². The highest BCUT2D eigenvalue weighted by Gasteiger charge is 2.59. The van der Waals surface area contributed by atoms with Gasteiger partial charge in [-0.15, -0.1) is 0 Å². The molecule has 138 valence electrons. The maximum atomic E-state index is 13.2. The largest absolute Gasteiger partial charge is 0.459 e. The minimum Gasteiger partial charge on any atom is -0.397 e. The predicted octanol–water partition coefficient (Wildman–Crippen LogP) is 4.77. The zero-order valence-corrected chi connectivity index (χ0v) is 14.0. The Bertz CT molecular complexity index is 852. The first-order chi connectivity index (χ1) is 11.9. The van der Waals surface area contributed by atoms with E-state index in [9.17, 15) is 22.0 Å². The fourth-order valence-electron chi connectivity index (χ4n) is 2.16. The number of nitrogens with zero attached hydrogens (tertiary/aromatic N) is 1. The van der Waals surface area contributed by atoms with E-state index >= 15 is 0 Å². The summed E-state index contributed by atoms with van der Waals surface area (Å²) >= 11 is 0. The van der Waals surface area contributed by atoms with Gasteiger partial charge in [0.15, 0.2) is 0 Å². The number of nitrogens with one attached hydrogen (secondary N) is 1. The van der Waals surface area contributed by atoms with Crippen LogP contribution in [-0.2, 0) is 0 Å². The molecule has 2 rings (SSSR count). The SMILES string of the molecule is Cc1ccc(-c2cc(C)cc(C(=N)C=C(N)C(F)(F)C(F)(F)F)n2)cc1. The van der Waals surface area contributed by atoms with E-state index < -0.39 is 23.5 Å². The molecule has 3 nitrogen and oxygen atoms in total. The molecule has 0 saturated heterocycles. The van der Waals surface area contributed by atoms with Gasteiger partial charge < -0.3 is 5.73 Å². The highest BCUT2D eigenvalue weighted by molar-refractivity contribution is 6.06. The number of alkyl halides is 5. The number of rotatable bonds is 4. The minimum absolute atomic E-state index is 0.0542. The summed E-state index contributed by atoms with van der Waals surface area (Å²) in [6.07, 6.45) is -5.55. The molecule has 3 N–H and O–H groups in total. The quantitative estimate of drug-likeness (QED) is 0.602. The molecule has 0 aliphatic carbocycles. The highest BCUT2D eigenvalue weighted by atomic mass is 19.4. The van der Waals surface area contributed by atoms with Crippen LogP contribution in [0.3, 0.4) is 0 Å². The van der Waals surface area contributed by atoms with Crippen LogP contribution in [0.1, 0.15) is 16.8 Å². The van der Waals surface area contributed by atoms with Gasteiger partial charge in [0, 0.05) is 5.56 Å². The Balaban J connectivity index is 2.41. The summed E-state index contributed by atoms with van der Waals surface area (Å²) in [4.78, 5) is 4.18. The first-order valence-electron chi connectivity index (χ1n) is 7.48. The number of hydrogen-bond acceptors (Lipinski definition) is 3. The summed E-state index contributed by atoms with van der Waals surface area (Å²) in [7, 11) is 0. The molecule has 1 heterocycles. The number of nitrogens with two attached hydrogens (primary N) is 1. The van der Waals surface area contributed by atoms with Crippen molar-refractivity contribution >= 4 is 5.71 Å². The van der Waals surface area contributed by atoms with Crippen LogP contribution < -0.4 is 5.73 Å². The molecule has 26 heavy (non-hydrogen) atoms. The van der Waals surface area contributed by atoms with Crippen molar-refractivity contribution < 1.29 is 22.0 Å². The number of benzene rings is 1. The van der Waals surface area contributed by atoms with Gasteiger partial charge in [0.25, 0.3) is 0 Å². The summed E-state index contributed by atoms with van der Waals surface area (Å²) in [6, 6.07) is 10.4. The zero-order chi connectivity index (χ0) is 19.7. The molecule has 8 heteroatoms. The highest BCUT2D eigenvalue weighted by Crippen LogP contribution is 2.39. The predicted molar refractivity (Wildman–Crippen MR) is 89.2 cm³/mol. The Labute approximate surface area is 146 Å². The van der Waals surface area contributed by atoms with Crippen molar-refractivity contribution in [2.45, 2.75) is 25.9 Å². The van der Waals surface area contributed by atoms with E-state index in [1.807, 2.05) is 19.1 Å². The van der Waals surface area contributed by atoms with E-state index in [1.165, 1.54) is 6.07 Å². The number of hydrogen-bond donors (Lipinski definition) is 2. The van der Waals surface area contributed by atoms with Gasteiger partial charge in [0.1, 0.15) is 0 Å². The van der Waals surface area contributed by atoms with E-state index in [-0.39, 0.29) is 11.8 Å². The Hall–Kier alpha value is -2.77. The van der Waals surface area contributed by atoms with Gasteiger partial charge in [-0.3, -0.25) is 5.41 Å². The molecule has 0 amide bonds. The lowest BCUT2D eigenvalue weighted by molar-refractivity contribution is -0.264. The maximum Gasteiger partial charge on any atom is 0.459 e. The fraction of sp³-hybridized carbons (Fsp3) is 0.222. The summed E-state index contributed by atoms with van der Waals surface area (Å²) in [5.41, 5.74) is 5.36. The lowest BCUT2D eigenvalue weighted by atomic mass is 10.1. The Kier molecular flexibility index (Phi) is 5.16. The molecule has 0 radical (unpaired) electrons. The molecule has 0 saturated carbocycles. The van der Waals surface area contributed by atoms with Crippen molar-refractivity contribution in [3.8, 4) is 11.3 Å². The lowest BCUT2D eigenvalue weighted by Gasteiger charge is -2.19. The van der Waals surface area contributed by atoms with Crippen LogP contribution in [0, 0.1) is 19.3 Å². The molecular formula is C18H16F5N3. The van der Waals surface area contributed by atoms with Crippen molar-refractivity contribution in [3.63, 3.8) is 0 Å². The molecule has 0 bridgehead atoms. The van der Waals surface area contributed by atoms with Gasteiger partial charge in [-0.2, -0.15) is 22.0 Å². The second-order valence-corrected chi connectivity index (χ2v) is 5.87. The molecular weight excluding hydrogens is 353 g/mol. The monoisotopic (exact) mass is 369 g/mol. The molecule has 2 aromatic rings. The third-order valence-corrected chi connectivity index (χ3v) is 3.61. The Morgan fingerprint density at radius 3 is 2.12 bits per heavy atom. The van der Waals surface area contributed by atoms with Crippen LogP contribution in [0.25, 0.3) is 11.3 Å². The van der Waals surface area contributed by atoms with Crippen LogP contribution in [-0.4, -0.2) is 22.8 Å². The van der Waals surface area contributed by atoms with E-state index in [1.54, 1.807) is 25.1 Å². The smallest absolute Gasteiger partial charge is 0.397 e. The summed E-state index contributed by atoms with van der Waals surface area (Å²) in [5.74, 6) is -5.22. The number of aromatic nitrogens is 1. The Morgan fingerprint density at radius 1 is 1.00 bits per heavy atom. The van der Waals surface area contributed by atoms with Crippen LogP contribution in [0.2, 0.25) is 0 Å². The van der Waals surface area contributed by atoms with Crippen LogP contribution >= 0.6 is 0 Å². The summed E-state index contributed by atoms with van der Waals surface area (Å²) < 4.78 is 63.5. The van der Waals surface area contributed by atoms with Crippen molar-refractivity contribution in [2.24, 2.45) is 5.73 Å². The van der Waals surface area contributed by atoms with E-state index in [2.05, 4.69) is 4.98 Å². The van der Waals surface area contributed by atoms with E-state index in [0.717, 1.165) is 11.1 Å². The lowest BCUT2D eigenvalue weighted by Crippen LogP contribution is -2.41. The van der Waals surface area contributed by atoms with E-state index in [0.29, 0.717) is 11.3 Å². The average Bonchev–Trinajstić information content (AvgIpc) is 2.53. The number of aryl methyl sites for hydroxylation is 2. The average molecular weight is 369 g/mol. The maximum absolute atomic E-state index is 13.2. The van der Waals surface area contributed by atoms with Crippen LogP contribution in [0.5, 0.6) is 0 Å². The molecule has 0 aliphatic heterocycles. The fourth-order valence-corrected chi connectivity index (χ4v) is 2.16. The van der Waals surface area contributed by atoms with Crippen molar-refractivity contribution in [2.75, 3.05) is 0 Å². The first kappa shape index (κ1) is 19.6. The molecule has 0 fully saturated rings. The van der Waals surface area contributed by atoms with Gasteiger partial charge in [-0.25, -0.2) is 4.98 Å². The zero-order valence-electron chi connectivity index (χ0n) is 14.0. The second kappa shape index (κ2) is 6.86. The molecule has 0 spiro atoms. The van der Waals surface area contributed by atoms with Crippen molar-refractivity contribution in [3.05, 3.63) is 65.0 Å². The molecule has 0 unspecified atom stereocenters. The Morgan fingerprint density at radius 2 is 1.58 bits per heavy atom. The van der Waals surface area contributed by atoms with Gasteiger partial charge in [-0.1, -0.05) is 29.8 Å². The normalized spacial score (nSPS) is 13.0. The van der Waals surface area contributed by atoms with Crippen molar-refractivity contribution in [1.82, 2.24) is 4.98 Å². The molecule has 1 aromatic carbocycles. The number of allylic oxidation sites excluding steroid dienone is 2. The van der Waals surface area contributed by atoms with Crippen LogP contribution in [0.4, 0.5) is 22.0 Å². The van der Waals surface area contributed by atoms with E-state index in [4.69, 9.17) is 11.1 Å². The standard InChI is InChI=1S/C18H16F5N3/c1-10-3-5-12(6-4-10)14-7-11(2)8-15(26-14)13(24)9-16(25)17(19,20)18(21,22)23/h3-9,24H,25H2,1-2H3. The molecule has 0 atom stereocenters.